The quantitative estimate of drug-likeness (QED) is 0.800. The van der Waals surface area contributed by atoms with Gasteiger partial charge in [-0.15, -0.1) is 0 Å². The molecular formula is C20H24N2O5S. The third-order valence-corrected chi connectivity index (χ3v) is 6.66. The Morgan fingerprint density at radius 3 is 2.32 bits per heavy atom. The second-order valence-electron chi connectivity index (χ2n) is 6.48. The number of ether oxygens (including phenoxy) is 2. The number of hydrogen-bond donors (Lipinski definition) is 1. The molecule has 0 atom stereocenters. The minimum Gasteiger partial charge on any atom is -0.493 e. The van der Waals surface area contributed by atoms with E-state index in [2.05, 4.69) is 5.32 Å². The first-order chi connectivity index (χ1) is 13.5. The van der Waals surface area contributed by atoms with Gasteiger partial charge in [0.1, 0.15) is 0 Å². The number of carbonyl (C=O) groups is 1. The van der Waals surface area contributed by atoms with Crippen molar-refractivity contribution in [1.82, 2.24) is 4.31 Å². The molecular weight excluding hydrogens is 380 g/mol. The van der Waals surface area contributed by atoms with Gasteiger partial charge in [0.15, 0.2) is 11.5 Å². The highest BCUT2D eigenvalue weighted by molar-refractivity contribution is 7.89. The summed E-state index contributed by atoms with van der Waals surface area (Å²) in [5, 5.41) is 2.74. The van der Waals surface area contributed by atoms with E-state index < -0.39 is 15.9 Å². The number of nitrogens with zero attached hydrogens (tertiary/aromatic N) is 1. The van der Waals surface area contributed by atoms with Crippen LogP contribution < -0.4 is 14.8 Å². The van der Waals surface area contributed by atoms with Crippen molar-refractivity contribution >= 4 is 21.6 Å². The molecule has 1 aliphatic rings. The Bertz CT molecular complexity index is 953. The van der Waals surface area contributed by atoms with E-state index in [0.29, 0.717) is 30.3 Å². The van der Waals surface area contributed by atoms with Crippen LogP contribution >= 0.6 is 0 Å². The van der Waals surface area contributed by atoms with Crippen LogP contribution in [-0.4, -0.2) is 45.9 Å². The zero-order valence-corrected chi connectivity index (χ0v) is 16.8. The zero-order chi connectivity index (χ0) is 20.1. The zero-order valence-electron chi connectivity index (χ0n) is 16.0. The highest BCUT2D eigenvalue weighted by Crippen LogP contribution is 2.30. The van der Waals surface area contributed by atoms with Crippen LogP contribution in [0.3, 0.4) is 0 Å². The second-order valence-corrected chi connectivity index (χ2v) is 8.39. The van der Waals surface area contributed by atoms with Gasteiger partial charge in [0.05, 0.1) is 24.7 Å². The lowest BCUT2D eigenvalue weighted by Gasteiger charge is -2.26. The van der Waals surface area contributed by atoms with Crippen LogP contribution in [0.4, 0.5) is 5.69 Å². The minimum atomic E-state index is -3.73. The number of piperidine rings is 1. The third-order valence-electron chi connectivity index (χ3n) is 4.71. The Balaban J connectivity index is 1.89. The van der Waals surface area contributed by atoms with E-state index in [9.17, 15) is 13.2 Å². The van der Waals surface area contributed by atoms with E-state index >= 15 is 0 Å². The summed E-state index contributed by atoms with van der Waals surface area (Å²) in [4.78, 5) is 12.9. The van der Waals surface area contributed by atoms with Gasteiger partial charge in [0.2, 0.25) is 10.0 Å². The lowest BCUT2D eigenvalue weighted by atomic mass is 10.2. The molecule has 1 fully saturated rings. The molecule has 8 heteroatoms. The van der Waals surface area contributed by atoms with Crippen LogP contribution in [0.5, 0.6) is 11.5 Å². The fraction of sp³-hybridized carbons (Fsp3) is 0.350. The molecule has 0 unspecified atom stereocenters. The molecule has 1 aliphatic heterocycles. The molecule has 2 aromatic rings. The first-order valence-corrected chi connectivity index (χ1v) is 10.5. The fourth-order valence-corrected chi connectivity index (χ4v) is 4.94. The van der Waals surface area contributed by atoms with Gasteiger partial charge in [0.25, 0.3) is 5.91 Å². The molecule has 0 aromatic heterocycles. The monoisotopic (exact) mass is 404 g/mol. The summed E-state index contributed by atoms with van der Waals surface area (Å²) in [5.74, 6) is 0.506. The first kappa shape index (κ1) is 20.2. The molecule has 0 radical (unpaired) electrons. The third kappa shape index (κ3) is 4.13. The molecule has 0 saturated carbocycles. The van der Waals surface area contributed by atoms with Crippen molar-refractivity contribution < 1.29 is 22.7 Å². The van der Waals surface area contributed by atoms with E-state index in [1.165, 1.54) is 30.7 Å². The molecule has 0 aliphatic carbocycles. The van der Waals surface area contributed by atoms with Gasteiger partial charge in [-0.3, -0.25) is 4.79 Å². The first-order valence-electron chi connectivity index (χ1n) is 9.10. The number of methoxy groups -OCH3 is 2. The van der Waals surface area contributed by atoms with Crippen LogP contribution in [0.25, 0.3) is 0 Å². The second kappa shape index (κ2) is 8.62. The highest BCUT2D eigenvalue weighted by Gasteiger charge is 2.29. The number of hydrogen-bond acceptors (Lipinski definition) is 5. The van der Waals surface area contributed by atoms with Gasteiger partial charge in [-0.1, -0.05) is 18.6 Å². The maximum Gasteiger partial charge on any atom is 0.257 e. The molecule has 7 nitrogen and oxygen atoms in total. The molecule has 2 aromatic carbocycles. The summed E-state index contributed by atoms with van der Waals surface area (Å²) in [6.45, 7) is 0.960. The average Bonchev–Trinajstić information content (AvgIpc) is 2.74. The number of anilines is 1. The van der Waals surface area contributed by atoms with Crippen LogP contribution in [0.1, 0.15) is 29.6 Å². The molecule has 1 amide bonds. The summed E-state index contributed by atoms with van der Waals surface area (Å²) in [5.41, 5.74) is 0.593. The SMILES string of the molecule is COc1ccc(NC(=O)c2ccccc2S(=O)(=O)N2CCCCC2)cc1OC. The molecule has 3 rings (SSSR count). The Morgan fingerprint density at radius 1 is 0.964 bits per heavy atom. The Labute approximate surface area is 165 Å². The number of benzene rings is 2. The Hall–Kier alpha value is -2.58. The lowest BCUT2D eigenvalue weighted by molar-refractivity contribution is 0.102. The van der Waals surface area contributed by atoms with Crippen molar-refractivity contribution in [2.75, 3.05) is 32.6 Å². The number of sulfonamides is 1. The predicted molar refractivity (Wildman–Crippen MR) is 107 cm³/mol. The average molecular weight is 404 g/mol. The highest BCUT2D eigenvalue weighted by atomic mass is 32.2. The van der Waals surface area contributed by atoms with Gasteiger partial charge < -0.3 is 14.8 Å². The largest absolute Gasteiger partial charge is 0.493 e. The summed E-state index contributed by atoms with van der Waals surface area (Å²) in [7, 11) is -0.696. The summed E-state index contributed by atoms with van der Waals surface area (Å²) in [6.07, 6.45) is 2.69. The topological polar surface area (TPSA) is 84.9 Å². The van der Waals surface area contributed by atoms with Crippen molar-refractivity contribution in [1.29, 1.82) is 0 Å². The smallest absolute Gasteiger partial charge is 0.257 e. The fourth-order valence-electron chi connectivity index (χ4n) is 3.24. The maximum absolute atomic E-state index is 13.1. The number of carbonyl (C=O) groups excluding carboxylic acids is 1. The molecule has 28 heavy (non-hydrogen) atoms. The van der Waals surface area contributed by atoms with Crippen molar-refractivity contribution in [3.05, 3.63) is 48.0 Å². The normalized spacial score (nSPS) is 15.1. The van der Waals surface area contributed by atoms with Crippen molar-refractivity contribution in [3.8, 4) is 11.5 Å². The molecule has 1 saturated heterocycles. The number of nitrogens with one attached hydrogen (secondary N) is 1. The van der Waals surface area contributed by atoms with Gasteiger partial charge in [-0.05, 0) is 37.1 Å². The summed E-state index contributed by atoms with van der Waals surface area (Å²) >= 11 is 0. The van der Waals surface area contributed by atoms with Crippen molar-refractivity contribution in [2.24, 2.45) is 0 Å². The number of rotatable bonds is 6. The predicted octanol–water partition coefficient (Wildman–Crippen LogP) is 3.13. The van der Waals surface area contributed by atoms with Crippen LogP contribution in [0, 0.1) is 0 Å². The van der Waals surface area contributed by atoms with Gasteiger partial charge in [-0.2, -0.15) is 4.31 Å². The summed E-state index contributed by atoms with van der Waals surface area (Å²) < 4.78 is 38.0. The van der Waals surface area contributed by atoms with Crippen molar-refractivity contribution in [3.63, 3.8) is 0 Å². The molecule has 0 bridgehead atoms. The van der Waals surface area contributed by atoms with E-state index in [4.69, 9.17) is 9.47 Å². The van der Waals surface area contributed by atoms with E-state index in [1.807, 2.05) is 0 Å². The van der Waals surface area contributed by atoms with Gasteiger partial charge >= 0.3 is 0 Å². The number of amides is 1. The summed E-state index contributed by atoms with van der Waals surface area (Å²) in [6, 6.07) is 11.2. The van der Waals surface area contributed by atoms with Gasteiger partial charge in [-0.25, -0.2) is 8.42 Å². The lowest BCUT2D eigenvalue weighted by Crippen LogP contribution is -2.36. The molecule has 1 N–H and O–H groups in total. The molecule has 0 spiro atoms. The van der Waals surface area contributed by atoms with Crippen LogP contribution in [-0.2, 0) is 10.0 Å². The molecule has 1 heterocycles. The minimum absolute atomic E-state index is 0.0230. The van der Waals surface area contributed by atoms with Crippen LogP contribution in [0.15, 0.2) is 47.4 Å². The Kier molecular flexibility index (Phi) is 6.21. The Morgan fingerprint density at radius 2 is 1.64 bits per heavy atom. The van der Waals surface area contributed by atoms with Gasteiger partial charge in [0, 0.05) is 24.8 Å². The van der Waals surface area contributed by atoms with Crippen LogP contribution in [0.2, 0.25) is 0 Å². The van der Waals surface area contributed by atoms with E-state index in [1.54, 1.807) is 30.3 Å². The van der Waals surface area contributed by atoms with E-state index in [-0.39, 0.29) is 10.5 Å². The van der Waals surface area contributed by atoms with Crippen molar-refractivity contribution in [2.45, 2.75) is 24.2 Å². The molecule has 150 valence electrons. The van der Waals surface area contributed by atoms with E-state index in [0.717, 1.165) is 19.3 Å². The maximum atomic E-state index is 13.1. The standard InChI is InChI=1S/C20H24N2O5S/c1-26-17-11-10-15(14-18(17)27-2)21-20(23)16-8-4-5-9-19(16)28(24,25)22-12-6-3-7-13-22/h4-5,8-11,14H,3,6-7,12-13H2,1-2H3,(H,21,23).